The molecular weight excluding hydrogens is 378 g/mol. The molecule has 0 aromatic heterocycles. The number of halogens is 2. The lowest BCUT2D eigenvalue weighted by molar-refractivity contribution is 0.107. The van der Waals surface area contributed by atoms with Crippen molar-refractivity contribution in [1.29, 1.82) is 0 Å². The Morgan fingerprint density at radius 3 is 2.14 bits per heavy atom. The molecule has 0 aliphatic heterocycles. The number of thiocarbonyl (C=S) groups is 1. The number of hydrogen-bond donors (Lipinski definition) is 2. The van der Waals surface area contributed by atoms with E-state index in [0.29, 0.717) is 19.8 Å². The van der Waals surface area contributed by atoms with Gasteiger partial charge in [0, 0.05) is 12.6 Å². The van der Waals surface area contributed by atoms with Crippen LogP contribution in [0.4, 0.5) is 14.5 Å². The predicted molar refractivity (Wildman–Crippen MR) is 111 cm³/mol. The number of rotatable bonds is 7. The van der Waals surface area contributed by atoms with E-state index in [4.69, 9.17) is 17.0 Å². The number of nitrogens with one attached hydrogen (secondary N) is 2. The zero-order chi connectivity index (χ0) is 19.8. The van der Waals surface area contributed by atoms with E-state index in [1.54, 1.807) is 0 Å². The number of anilines is 1. The van der Waals surface area contributed by atoms with Crippen LogP contribution in [-0.2, 0) is 24.5 Å². The average Bonchev–Trinajstić information content (AvgIpc) is 2.70. The third kappa shape index (κ3) is 6.11. The van der Waals surface area contributed by atoms with E-state index in [9.17, 15) is 8.78 Å². The smallest absolute Gasteiger partial charge is 0.171 e. The molecular formula is C22H20F2N2OS. The number of ether oxygens (including phenoxy) is 1. The summed E-state index contributed by atoms with van der Waals surface area (Å²) in [5.41, 5.74) is 3.37. The summed E-state index contributed by atoms with van der Waals surface area (Å²) in [5.74, 6) is -1.32. The number of benzene rings is 3. The molecule has 2 N–H and O–H groups in total. The van der Waals surface area contributed by atoms with Crippen LogP contribution in [-0.4, -0.2) is 5.11 Å². The minimum atomic E-state index is -0.691. The molecule has 0 spiro atoms. The van der Waals surface area contributed by atoms with E-state index in [-0.39, 0.29) is 10.8 Å². The van der Waals surface area contributed by atoms with E-state index in [1.165, 1.54) is 12.1 Å². The van der Waals surface area contributed by atoms with Crippen molar-refractivity contribution < 1.29 is 13.5 Å². The second kappa shape index (κ2) is 9.92. The molecule has 0 saturated heterocycles. The van der Waals surface area contributed by atoms with Crippen LogP contribution in [0.1, 0.15) is 16.7 Å². The van der Waals surface area contributed by atoms with Gasteiger partial charge in [-0.15, -0.1) is 0 Å². The van der Waals surface area contributed by atoms with Crippen LogP contribution in [0, 0.1) is 11.6 Å². The van der Waals surface area contributed by atoms with Crippen LogP contribution in [0.2, 0.25) is 0 Å². The maximum Gasteiger partial charge on any atom is 0.171 e. The fourth-order valence-electron chi connectivity index (χ4n) is 2.55. The maximum absolute atomic E-state index is 13.6. The van der Waals surface area contributed by atoms with Gasteiger partial charge in [-0.25, -0.2) is 8.78 Å². The van der Waals surface area contributed by atoms with Gasteiger partial charge in [0.25, 0.3) is 0 Å². The highest BCUT2D eigenvalue weighted by molar-refractivity contribution is 7.80. The minimum absolute atomic E-state index is 0.129. The normalized spacial score (nSPS) is 10.5. The van der Waals surface area contributed by atoms with Crippen molar-refractivity contribution >= 4 is 23.0 Å². The third-order valence-electron chi connectivity index (χ3n) is 4.04. The lowest BCUT2D eigenvalue weighted by atomic mass is 10.1. The Balaban J connectivity index is 1.43. The fourth-order valence-corrected chi connectivity index (χ4v) is 2.74. The highest BCUT2D eigenvalue weighted by atomic mass is 32.1. The van der Waals surface area contributed by atoms with Gasteiger partial charge in [-0.2, -0.15) is 0 Å². The summed E-state index contributed by atoms with van der Waals surface area (Å²) in [7, 11) is 0. The van der Waals surface area contributed by atoms with Gasteiger partial charge in [-0.05, 0) is 41.0 Å². The lowest BCUT2D eigenvalue weighted by Crippen LogP contribution is -2.28. The van der Waals surface area contributed by atoms with Crippen molar-refractivity contribution in [3.63, 3.8) is 0 Å². The van der Waals surface area contributed by atoms with Gasteiger partial charge in [-0.3, -0.25) is 0 Å². The molecule has 0 bridgehead atoms. The average molecular weight is 398 g/mol. The Morgan fingerprint density at radius 2 is 1.46 bits per heavy atom. The first-order chi connectivity index (χ1) is 13.6. The predicted octanol–water partition coefficient (Wildman–Crippen LogP) is 5.17. The molecule has 0 radical (unpaired) electrons. The van der Waals surface area contributed by atoms with E-state index in [0.717, 1.165) is 22.8 Å². The highest BCUT2D eigenvalue weighted by Gasteiger charge is 2.05. The first-order valence-electron chi connectivity index (χ1n) is 8.79. The van der Waals surface area contributed by atoms with E-state index in [2.05, 4.69) is 10.6 Å². The Kier molecular flexibility index (Phi) is 7.06. The summed E-state index contributed by atoms with van der Waals surface area (Å²) >= 11 is 5.15. The van der Waals surface area contributed by atoms with Crippen molar-refractivity contribution in [2.24, 2.45) is 0 Å². The number of hydrogen-bond acceptors (Lipinski definition) is 2. The van der Waals surface area contributed by atoms with Gasteiger partial charge in [0.1, 0.15) is 11.6 Å². The van der Waals surface area contributed by atoms with Crippen LogP contribution < -0.4 is 10.6 Å². The lowest BCUT2D eigenvalue weighted by Gasteiger charge is -2.12. The van der Waals surface area contributed by atoms with Gasteiger partial charge >= 0.3 is 0 Å². The quantitative estimate of drug-likeness (QED) is 0.538. The second-order valence-electron chi connectivity index (χ2n) is 6.23. The Morgan fingerprint density at radius 1 is 0.821 bits per heavy atom. The summed E-state index contributed by atoms with van der Waals surface area (Å²) in [6, 6.07) is 21.3. The molecule has 0 heterocycles. The van der Waals surface area contributed by atoms with Crippen LogP contribution in [0.25, 0.3) is 0 Å². The van der Waals surface area contributed by atoms with Crippen molar-refractivity contribution in [3.8, 4) is 0 Å². The van der Waals surface area contributed by atoms with E-state index >= 15 is 0 Å². The van der Waals surface area contributed by atoms with Gasteiger partial charge < -0.3 is 15.4 Å². The Labute approximate surface area is 168 Å². The molecule has 0 amide bonds. The Hall–Kier alpha value is -2.83. The molecule has 3 aromatic carbocycles. The van der Waals surface area contributed by atoms with Crippen molar-refractivity contribution in [3.05, 3.63) is 101 Å². The van der Waals surface area contributed by atoms with E-state index < -0.39 is 11.6 Å². The molecule has 0 saturated carbocycles. The molecule has 0 unspecified atom stereocenters. The van der Waals surface area contributed by atoms with Crippen molar-refractivity contribution in [2.45, 2.75) is 19.8 Å². The van der Waals surface area contributed by atoms with Crippen molar-refractivity contribution in [2.75, 3.05) is 5.32 Å². The SMILES string of the molecule is Fc1ccc(NC(=S)NCc2ccc(COCc3ccccc3)cc2)c(F)c1. The topological polar surface area (TPSA) is 33.3 Å². The molecule has 144 valence electrons. The summed E-state index contributed by atoms with van der Waals surface area (Å²) in [6.07, 6.45) is 0. The van der Waals surface area contributed by atoms with Gasteiger partial charge in [-0.1, -0.05) is 54.6 Å². The summed E-state index contributed by atoms with van der Waals surface area (Å²) in [4.78, 5) is 0. The van der Waals surface area contributed by atoms with Gasteiger partial charge in [0.15, 0.2) is 5.11 Å². The molecule has 3 nitrogen and oxygen atoms in total. The zero-order valence-electron chi connectivity index (χ0n) is 15.1. The van der Waals surface area contributed by atoms with E-state index in [1.807, 2.05) is 54.6 Å². The molecule has 3 aromatic rings. The van der Waals surface area contributed by atoms with Gasteiger partial charge in [0.2, 0.25) is 0 Å². The standard InChI is InChI=1S/C22H20F2N2OS/c23-19-10-11-21(20(24)12-19)26-22(28)25-13-16-6-8-18(9-7-16)15-27-14-17-4-2-1-3-5-17/h1-12H,13-15H2,(H2,25,26,28). The molecule has 3 rings (SSSR count). The minimum Gasteiger partial charge on any atom is -0.372 e. The first-order valence-corrected chi connectivity index (χ1v) is 9.20. The summed E-state index contributed by atoms with van der Waals surface area (Å²) < 4.78 is 32.3. The fraction of sp³-hybridized carbons (Fsp3) is 0.136. The van der Waals surface area contributed by atoms with Crippen LogP contribution in [0.15, 0.2) is 72.8 Å². The molecule has 0 atom stereocenters. The molecule has 0 fully saturated rings. The van der Waals surface area contributed by atoms with Crippen LogP contribution in [0.5, 0.6) is 0 Å². The second-order valence-corrected chi connectivity index (χ2v) is 6.63. The third-order valence-corrected chi connectivity index (χ3v) is 4.28. The van der Waals surface area contributed by atoms with Crippen molar-refractivity contribution in [1.82, 2.24) is 5.32 Å². The molecule has 28 heavy (non-hydrogen) atoms. The molecule has 0 aliphatic carbocycles. The van der Waals surface area contributed by atoms with Crippen LogP contribution >= 0.6 is 12.2 Å². The zero-order valence-corrected chi connectivity index (χ0v) is 15.9. The summed E-state index contributed by atoms with van der Waals surface area (Å²) in [6.45, 7) is 1.59. The highest BCUT2D eigenvalue weighted by Crippen LogP contribution is 2.15. The largest absolute Gasteiger partial charge is 0.372 e. The van der Waals surface area contributed by atoms with Crippen LogP contribution in [0.3, 0.4) is 0 Å². The maximum atomic E-state index is 13.6. The van der Waals surface area contributed by atoms with Gasteiger partial charge in [0.05, 0.1) is 18.9 Å². The summed E-state index contributed by atoms with van der Waals surface area (Å²) in [5, 5.41) is 5.99. The Bertz CT molecular complexity index is 918. The molecule has 0 aliphatic rings. The first kappa shape index (κ1) is 19.9. The monoisotopic (exact) mass is 398 g/mol. The molecule has 6 heteroatoms.